The Morgan fingerprint density at radius 1 is 0.571 bits per heavy atom. The van der Waals surface area contributed by atoms with E-state index in [9.17, 15) is 9.90 Å². The molecule has 330 valence electrons. The molecule has 1 amide bonds. The van der Waals surface area contributed by atoms with E-state index in [4.69, 9.17) is 37.9 Å². The minimum atomic E-state index is -1.24. The third-order valence-electron chi connectivity index (χ3n) is 10.7. The van der Waals surface area contributed by atoms with Crippen molar-refractivity contribution in [3.05, 3.63) is 192 Å². The first-order valence-electron chi connectivity index (χ1n) is 21.4. The van der Waals surface area contributed by atoms with Crippen molar-refractivity contribution >= 4 is 16.9 Å². The minimum Gasteiger partial charge on any atom is -0.438 e. The van der Waals surface area contributed by atoms with Gasteiger partial charge in [-0.05, 0) is 44.7 Å². The number of aliphatic hydroxyl groups excluding tert-OH is 1. The Balaban J connectivity index is 1.15. The summed E-state index contributed by atoms with van der Waals surface area (Å²) < 4.78 is 51.5. The topological polar surface area (TPSA) is 114 Å². The number of aliphatic hydroxyl groups is 1. The monoisotopic (exact) mass is 855 g/mol. The molecular weight excluding hydrogens is 799 g/mol. The van der Waals surface area contributed by atoms with Gasteiger partial charge in [-0.15, -0.1) is 0 Å². The Labute approximate surface area is 370 Å². The Morgan fingerprint density at radius 2 is 1.06 bits per heavy atom. The molecule has 1 N–H and O–H groups in total. The number of hydrogen-bond donors (Lipinski definition) is 1. The summed E-state index contributed by atoms with van der Waals surface area (Å²) in [5.74, 6) is 0. The highest BCUT2D eigenvalue weighted by atomic mass is 16.7. The molecule has 1 saturated heterocycles. The van der Waals surface area contributed by atoms with E-state index >= 15 is 0 Å². The molecule has 7 rings (SSSR count). The SMILES string of the molecule is CN(C)C(=O)OC1C(OCC(OCc2ccccc2)C(OCc2ccccc2)C(COCc2ccc3ccccc3c2)OCc2ccccc2)OC(COCc2ccccc2)C1O. The lowest BCUT2D eigenvalue weighted by molar-refractivity contribution is -0.219. The molecule has 0 radical (unpaired) electrons. The Kier molecular flexibility index (Phi) is 17.2. The second-order valence-corrected chi connectivity index (χ2v) is 15.7. The van der Waals surface area contributed by atoms with Crippen molar-refractivity contribution in [3.63, 3.8) is 0 Å². The summed E-state index contributed by atoms with van der Waals surface area (Å²) in [6.45, 7) is 1.51. The maximum Gasteiger partial charge on any atom is 0.409 e. The minimum absolute atomic E-state index is 0.0344. The molecule has 1 aliphatic heterocycles. The van der Waals surface area contributed by atoms with Crippen LogP contribution in [0, 0.1) is 0 Å². The van der Waals surface area contributed by atoms with Crippen LogP contribution < -0.4 is 0 Å². The van der Waals surface area contributed by atoms with Gasteiger partial charge in [0.15, 0.2) is 12.4 Å². The average molecular weight is 856 g/mol. The van der Waals surface area contributed by atoms with Crippen LogP contribution in [-0.4, -0.2) is 92.9 Å². The zero-order valence-electron chi connectivity index (χ0n) is 35.9. The third-order valence-corrected chi connectivity index (χ3v) is 10.7. The van der Waals surface area contributed by atoms with Crippen LogP contribution in [0.1, 0.15) is 27.8 Å². The van der Waals surface area contributed by atoms with Crippen LogP contribution in [0.15, 0.2) is 164 Å². The van der Waals surface area contributed by atoms with Crippen molar-refractivity contribution < 1.29 is 47.8 Å². The van der Waals surface area contributed by atoms with Crippen LogP contribution in [0.2, 0.25) is 0 Å². The van der Waals surface area contributed by atoms with Gasteiger partial charge in [0.05, 0.1) is 52.9 Å². The Bertz CT molecular complexity index is 2230. The van der Waals surface area contributed by atoms with Gasteiger partial charge in [0, 0.05) is 14.1 Å². The fourth-order valence-corrected chi connectivity index (χ4v) is 7.25. The second-order valence-electron chi connectivity index (χ2n) is 15.7. The lowest BCUT2D eigenvalue weighted by atomic mass is 10.1. The Morgan fingerprint density at radius 3 is 1.63 bits per heavy atom. The van der Waals surface area contributed by atoms with Crippen molar-refractivity contribution in [3.8, 4) is 0 Å². The van der Waals surface area contributed by atoms with Crippen molar-refractivity contribution in [1.29, 1.82) is 0 Å². The summed E-state index contributed by atoms with van der Waals surface area (Å²) in [5, 5.41) is 13.8. The van der Waals surface area contributed by atoms with Gasteiger partial charge in [-0.3, -0.25) is 0 Å². The molecule has 0 aliphatic carbocycles. The molecule has 1 heterocycles. The van der Waals surface area contributed by atoms with Crippen molar-refractivity contribution in [2.75, 3.05) is 33.9 Å². The number of benzene rings is 6. The van der Waals surface area contributed by atoms with Crippen LogP contribution in [0.3, 0.4) is 0 Å². The third kappa shape index (κ3) is 13.8. The molecule has 7 unspecified atom stereocenters. The first-order valence-corrected chi connectivity index (χ1v) is 21.4. The molecule has 1 aliphatic rings. The van der Waals surface area contributed by atoms with Gasteiger partial charge in [0.2, 0.25) is 0 Å². The molecule has 63 heavy (non-hydrogen) atoms. The number of carbonyl (C=O) groups is 1. The van der Waals surface area contributed by atoms with Crippen LogP contribution in [0.25, 0.3) is 10.8 Å². The molecule has 0 spiro atoms. The fraction of sp³-hybridized carbons (Fsp3) is 0.327. The van der Waals surface area contributed by atoms with E-state index in [-0.39, 0.29) is 39.6 Å². The zero-order valence-corrected chi connectivity index (χ0v) is 35.9. The molecule has 6 aromatic rings. The molecule has 11 nitrogen and oxygen atoms in total. The maximum absolute atomic E-state index is 12.9. The van der Waals surface area contributed by atoms with Gasteiger partial charge in [-0.25, -0.2) is 4.79 Å². The molecular formula is C52H57NO10. The highest BCUT2D eigenvalue weighted by Gasteiger charge is 2.48. The number of carbonyl (C=O) groups excluding carboxylic acids is 1. The standard InChI is InChI=1S/C52H57NO10/c1-53(2)52(55)63-50-48(54)45(35-56-30-38-17-7-3-8-18-38)62-51(50)61-37-47(59-33-40-21-11-5-12-22-40)49(60-34-41-23-13-6-14-24-41)46(58-32-39-19-9-4-10-20-39)36-57-31-42-27-28-43-25-15-16-26-44(43)29-42/h3-29,45-51,54H,30-37H2,1-2H3. The molecule has 1 fully saturated rings. The smallest absolute Gasteiger partial charge is 0.409 e. The van der Waals surface area contributed by atoms with Gasteiger partial charge in [0.25, 0.3) is 0 Å². The van der Waals surface area contributed by atoms with Gasteiger partial charge < -0.3 is 47.9 Å². The number of amides is 1. The van der Waals surface area contributed by atoms with E-state index in [1.54, 1.807) is 14.1 Å². The van der Waals surface area contributed by atoms with Crippen LogP contribution >= 0.6 is 0 Å². The normalized spacial score (nSPS) is 18.8. The zero-order chi connectivity index (χ0) is 43.6. The molecule has 0 saturated carbocycles. The van der Waals surface area contributed by atoms with E-state index in [1.165, 1.54) is 4.90 Å². The highest BCUT2D eigenvalue weighted by Crippen LogP contribution is 2.28. The summed E-state index contributed by atoms with van der Waals surface area (Å²) in [5.41, 5.74) is 4.88. The van der Waals surface area contributed by atoms with Crippen molar-refractivity contribution in [1.82, 2.24) is 4.90 Å². The first kappa shape index (κ1) is 45.6. The van der Waals surface area contributed by atoms with E-state index < -0.39 is 49.0 Å². The lowest BCUT2D eigenvalue weighted by Crippen LogP contribution is -2.48. The molecule has 0 bridgehead atoms. The largest absolute Gasteiger partial charge is 0.438 e. The number of fused-ring (bicyclic) bond motifs is 1. The maximum atomic E-state index is 12.9. The van der Waals surface area contributed by atoms with E-state index in [2.05, 4.69) is 30.3 Å². The van der Waals surface area contributed by atoms with Gasteiger partial charge >= 0.3 is 6.09 Å². The van der Waals surface area contributed by atoms with E-state index in [0.717, 1.165) is 38.6 Å². The molecule has 7 atom stereocenters. The summed E-state index contributed by atoms with van der Waals surface area (Å²) in [7, 11) is 3.14. The summed E-state index contributed by atoms with van der Waals surface area (Å²) >= 11 is 0. The predicted molar refractivity (Wildman–Crippen MR) is 239 cm³/mol. The predicted octanol–water partition coefficient (Wildman–Crippen LogP) is 8.50. The summed E-state index contributed by atoms with van der Waals surface area (Å²) in [6, 6.07) is 53.9. The average Bonchev–Trinajstić information content (AvgIpc) is 3.61. The Hall–Kier alpha value is -5.47. The quantitative estimate of drug-likeness (QED) is 0.0673. The summed E-state index contributed by atoms with van der Waals surface area (Å²) in [4.78, 5) is 14.2. The number of ether oxygens (including phenoxy) is 8. The van der Waals surface area contributed by atoms with Gasteiger partial charge in [-0.2, -0.15) is 0 Å². The highest BCUT2D eigenvalue weighted by molar-refractivity contribution is 5.82. The van der Waals surface area contributed by atoms with Gasteiger partial charge in [0.1, 0.15) is 30.5 Å². The fourth-order valence-electron chi connectivity index (χ4n) is 7.25. The number of hydrogen-bond acceptors (Lipinski definition) is 10. The second kappa shape index (κ2) is 23.8. The number of nitrogens with zero attached hydrogens (tertiary/aromatic N) is 1. The van der Waals surface area contributed by atoms with Crippen LogP contribution in [0.4, 0.5) is 4.79 Å². The van der Waals surface area contributed by atoms with Crippen molar-refractivity contribution in [2.45, 2.75) is 75.9 Å². The van der Waals surface area contributed by atoms with Crippen LogP contribution in [0.5, 0.6) is 0 Å². The number of rotatable bonds is 23. The molecule has 11 heteroatoms. The van der Waals surface area contributed by atoms with Crippen LogP contribution in [-0.2, 0) is 70.9 Å². The molecule has 6 aromatic carbocycles. The first-order chi connectivity index (χ1) is 30.9. The molecule has 0 aromatic heterocycles. The lowest BCUT2D eigenvalue weighted by Gasteiger charge is -2.34. The van der Waals surface area contributed by atoms with Gasteiger partial charge in [-0.1, -0.05) is 158 Å². The van der Waals surface area contributed by atoms with E-state index in [0.29, 0.717) is 13.2 Å². The van der Waals surface area contributed by atoms with E-state index in [1.807, 2.05) is 133 Å². The van der Waals surface area contributed by atoms with Crippen molar-refractivity contribution in [2.24, 2.45) is 0 Å². The summed E-state index contributed by atoms with van der Waals surface area (Å²) in [6.07, 6.45) is -7.27.